The quantitative estimate of drug-likeness (QED) is 0.805. The van der Waals surface area contributed by atoms with Crippen molar-refractivity contribution in [1.29, 1.82) is 0 Å². The van der Waals surface area contributed by atoms with Gasteiger partial charge in [-0.2, -0.15) is 0 Å². The predicted octanol–water partition coefficient (Wildman–Crippen LogP) is 3.00. The third-order valence-electron chi connectivity index (χ3n) is 2.18. The Bertz CT molecular complexity index is 393. The molecule has 2 nitrogen and oxygen atoms in total. The van der Waals surface area contributed by atoms with Crippen LogP contribution in [0.2, 0.25) is 0 Å². The van der Waals surface area contributed by atoms with E-state index in [1.807, 2.05) is 13.8 Å². The molecule has 0 bridgehead atoms. The summed E-state index contributed by atoms with van der Waals surface area (Å²) in [6.07, 6.45) is 0. The molecule has 0 saturated heterocycles. The zero-order valence-electron chi connectivity index (χ0n) is 11.3. The van der Waals surface area contributed by atoms with E-state index in [-0.39, 0.29) is 0 Å². The van der Waals surface area contributed by atoms with Crippen molar-refractivity contribution in [2.75, 3.05) is 0 Å². The molecule has 0 amide bonds. The topological polar surface area (TPSA) is 37.3 Å². The van der Waals surface area contributed by atoms with E-state index >= 15 is 0 Å². The minimum Gasteiger partial charge on any atom is -0.481 e. The maximum absolute atomic E-state index is 11.0. The smallest absolute Gasteiger partial charge is 0.310 e. The number of hydrogen-bond acceptors (Lipinski definition) is 1. The Morgan fingerprint density at radius 2 is 1.79 bits per heavy atom. The molecule has 0 spiro atoms. The number of rotatable bonds is 3. The predicted molar refractivity (Wildman–Crippen MR) is 56.6 cm³/mol. The summed E-state index contributed by atoms with van der Waals surface area (Å²) < 4.78 is 21.7. The van der Waals surface area contributed by atoms with Crippen molar-refractivity contribution in [2.45, 2.75) is 32.5 Å². The van der Waals surface area contributed by atoms with Crippen molar-refractivity contribution in [3.8, 4) is 0 Å². The molecule has 1 aromatic carbocycles. The highest BCUT2D eigenvalue weighted by molar-refractivity contribution is 5.75. The molecule has 0 aliphatic carbocycles. The molecule has 0 fully saturated rings. The molecule has 0 aromatic heterocycles. The Balaban J connectivity index is 3.09. The molecule has 0 aliphatic heterocycles. The van der Waals surface area contributed by atoms with Crippen molar-refractivity contribution in [1.82, 2.24) is 0 Å². The van der Waals surface area contributed by atoms with Gasteiger partial charge in [-0.15, -0.1) is 0 Å². The molecule has 2 heteroatoms. The van der Waals surface area contributed by atoms with E-state index in [2.05, 4.69) is 0 Å². The van der Waals surface area contributed by atoms with Crippen LogP contribution in [0.1, 0.15) is 47.8 Å². The Kier molecular flexibility index (Phi) is 2.15. The van der Waals surface area contributed by atoms with Crippen LogP contribution >= 0.6 is 0 Å². The van der Waals surface area contributed by atoms with Crippen LogP contribution in [0.15, 0.2) is 24.3 Å². The van der Waals surface area contributed by atoms with Gasteiger partial charge in [-0.25, -0.2) is 0 Å². The lowest BCUT2D eigenvalue weighted by Crippen LogP contribution is -2.07. The van der Waals surface area contributed by atoms with Crippen LogP contribution in [0.25, 0.3) is 0 Å². The molecule has 1 N–H and O–H groups in total. The minimum atomic E-state index is -2.52. The Hall–Kier alpha value is -1.31. The number of carboxylic acids is 1. The van der Waals surface area contributed by atoms with Gasteiger partial charge in [0.05, 0.1) is 5.92 Å². The zero-order chi connectivity index (χ0) is 13.2. The largest absolute Gasteiger partial charge is 0.481 e. The second-order valence-electron chi connectivity index (χ2n) is 3.59. The van der Waals surface area contributed by atoms with Crippen LogP contribution in [-0.2, 0) is 4.79 Å². The third-order valence-corrected chi connectivity index (χ3v) is 2.18. The third kappa shape index (κ3) is 2.34. The van der Waals surface area contributed by atoms with Gasteiger partial charge in [0.15, 0.2) is 0 Å². The summed E-state index contributed by atoms with van der Waals surface area (Å²) >= 11 is 0. The highest BCUT2D eigenvalue weighted by Crippen LogP contribution is 2.19. The maximum atomic E-state index is 11.0. The molecule has 1 rings (SSSR count). The number of aliphatic carboxylic acids is 1. The van der Waals surface area contributed by atoms with Gasteiger partial charge in [0, 0.05) is 4.11 Å². The average molecular weight is 195 g/mol. The summed E-state index contributed by atoms with van der Waals surface area (Å²) in [7, 11) is 0. The first-order valence-corrected chi connectivity index (χ1v) is 4.56. The fourth-order valence-corrected chi connectivity index (χ4v) is 1.22. The van der Waals surface area contributed by atoms with Crippen LogP contribution in [0.4, 0.5) is 0 Å². The Labute approximate surface area is 88.8 Å². The fourth-order valence-electron chi connectivity index (χ4n) is 1.22. The van der Waals surface area contributed by atoms with Gasteiger partial charge in [0.25, 0.3) is 0 Å². The highest BCUT2D eigenvalue weighted by atomic mass is 16.4. The summed E-state index contributed by atoms with van der Waals surface area (Å²) in [6.45, 7) is 1.52. The van der Waals surface area contributed by atoms with Crippen molar-refractivity contribution in [3.05, 3.63) is 35.4 Å². The second-order valence-corrected chi connectivity index (χ2v) is 3.59. The minimum absolute atomic E-state index is 0.321. The molecule has 0 heterocycles. The average Bonchev–Trinajstić information content (AvgIpc) is 2.15. The summed E-state index contributed by atoms with van der Waals surface area (Å²) in [4.78, 5) is 11.0. The van der Waals surface area contributed by atoms with E-state index < -0.39 is 18.7 Å². The van der Waals surface area contributed by atoms with Gasteiger partial charge < -0.3 is 5.11 Å². The lowest BCUT2D eigenvalue weighted by atomic mass is 9.96. The van der Waals surface area contributed by atoms with E-state index in [9.17, 15) is 4.79 Å². The van der Waals surface area contributed by atoms with Crippen molar-refractivity contribution in [3.63, 3.8) is 0 Å². The maximum Gasteiger partial charge on any atom is 0.310 e. The SMILES string of the molecule is [2H]C([2H])([2H])C(C(=O)O)c1ccc(C(C)C)cc1. The second kappa shape index (κ2) is 4.27. The number of carbonyl (C=O) groups is 1. The molecule has 1 aromatic rings. The van der Waals surface area contributed by atoms with Crippen molar-refractivity contribution in [2.24, 2.45) is 0 Å². The lowest BCUT2D eigenvalue weighted by Gasteiger charge is -2.09. The number of hydrogen-bond donors (Lipinski definition) is 1. The van der Waals surface area contributed by atoms with Crippen molar-refractivity contribution >= 4 is 5.97 Å². The van der Waals surface area contributed by atoms with Gasteiger partial charge in [0.1, 0.15) is 0 Å². The van der Waals surface area contributed by atoms with E-state index in [0.29, 0.717) is 11.5 Å². The molecular weight excluding hydrogens is 176 g/mol. The molecule has 0 aliphatic rings. The fraction of sp³-hybridized carbons (Fsp3) is 0.417. The van der Waals surface area contributed by atoms with Gasteiger partial charge in [-0.05, 0) is 23.9 Å². The van der Waals surface area contributed by atoms with E-state index in [1.54, 1.807) is 24.3 Å². The zero-order valence-corrected chi connectivity index (χ0v) is 8.32. The normalized spacial score (nSPS) is 16.9. The van der Waals surface area contributed by atoms with Crippen LogP contribution in [0.3, 0.4) is 0 Å². The van der Waals surface area contributed by atoms with Crippen LogP contribution < -0.4 is 0 Å². The molecule has 0 radical (unpaired) electrons. The van der Waals surface area contributed by atoms with Crippen LogP contribution in [-0.4, -0.2) is 11.1 Å². The highest BCUT2D eigenvalue weighted by Gasteiger charge is 2.13. The molecule has 76 valence electrons. The van der Waals surface area contributed by atoms with Crippen LogP contribution in [0, 0.1) is 0 Å². The van der Waals surface area contributed by atoms with Gasteiger partial charge >= 0.3 is 5.97 Å². The molecular formula is C12H16O2. The summed E-state index contributed by atoms with van der Waals surface area (Å²) in [5, 5.41) is 8.98. The Morgan fingerprint density at radius 3 is 2.14 bits per heavy atom. The van der Waals surface area contributed by atoms with E-state index in [4.69, 9.17) is 9.22 Å². The van der Waals surface area contributed by atoms with Gasteiger partial charge in [0.2, 0.25) is 0 Å². The number of benzene rings is 1. The molecule has 1 unspecified atom stereocenters. The molecule has 0 saturated carbocycles. The standard InChI is InChI=1S/C12H16O2/c1-8(2)10-4-6-11(7-5-10)9(3)12(13)14/h4-9H,1-3H3,(H,13,14)/i3D3. The van der Waals surface area contributed by atoms with Crippen LogP contribution in [0.5, 0.6) is 0 Å². The van der Waals surface area contributed by atoms with E-state index in [1.165, 1.54) is 0 Å². The lowest BCUT2D eigenvalue weighted by molar-refractivity contribution is -0.138. The number of carboxylic acid groups (broad SMARTS) is 1. The first kappa shape index (κ1) is 7.04. The van der Waals surface area contributed by atoms with Crippen molar-refractivity contribution < 1.29 is 14.0 Å². The van der Waals surface area contributed by atoms with Gasteiger partial charge in [-0.3, -0.25) is 4.79 Å². The first-order chi connectivity index (χ1) is 7.73. The molecule has 1 atom stereocenters. The summed E-state index contributed by atoms with van der Waals surface area (Å²) in [6, 6.07) is 6.73. The Morgan fingerprint density at radius 1 is 1.29 bits per heavy atom. The van der Waals surface area contributed by atoms with Gasteiger partial charge in [-0.1, -0.05) is 38.1 Å². The first-order valence-electron chi connectivity index (χ1n) is 6.06. The summed E-state index contributed by atoms with van der Waals surface area (Å²) in [5.41, 5.74) is 1.38. The van der Waals surface area contributed by atoms with E-state index in [0.717, 1.165) is 5.56 Å². The summed E-state index contributed by atoms with van der Waals surface area (Å²) in [5.74, 6) is -2.44. The molecule has 14 heavy (non-hydrogen) atoms. The monoisotopic (exact) mass is 195 g/mol.